The van der Waals surface area contributed by atoms with Crippen molar-refractivity contribution in [1.82, 2.24) is 5.32 Å². The summed E-state index contributed by atoms with van der Waals surface area (Å²) in [7, 11) is 0. The number of aliphatic hydroxyl groups is 1. The Labute approximate surface area is 122 Å². The summed E-state index contributed by atoms with van der Waals surface area (Å²) in [5, 5.41) is 12.5. The van der Waals surface area contributed by atoms with Crippen LogP contribution in [0.5, 0.6) is 0 Å². The van der Waals surface area contributed by atoms with Crippen LogP contribution in [-0.2, 0) is 16.0 Å². The van der Waals surface area contributed by atoms with Crippen molar-refractivity contribution in [3.63, 3.8) is 0 Å². The minimum Gasteiger partial charge on any atom is -0.391 e. The van der Waals surface area contributed by atoms with Gasteiger partial charge in [-0.3, -0.25) is 4.79 Å². The zero-order valence-corrected chi connectivity index (χ0v) is 11.8. The van der Waals surface area contributed by atoms with Gasteiger partial charge in [-0.05, 0) is 25.0 Å². The van der Waals surface area contributed by atoms with Crippen molar-refractivity contribution in [3.8, 4) is 0 Å². The molecule has 1 amide bonds. The first-order valence-corrected chi connectivity index (χ1v) is 6.98. The minimum atomic E-state index is -0.925. The van der Waals surface area contributed by atoms with Crippen molar-refractivity contribution in [2.24, 2.45) is 5.92 Å². The quantitative estimate of drug-likeness (QED) is 0.864. The maximum absolute atomic E-state index is 13.5. The van der Waals surface area contributed by atoms with Crippen LogP contribution in [0.4, 0.5) is 8.78 Å². The van der Waals surface area contributed by atoms with Crippen molar-refractivity contribution < 1.29 is 23.4 Å². The first-order chi connectivity index (χ1) is 9.97. The summed E-state index contributed by atoms with van der Waals surface area (Å²) < 4.78 is 31.5. The molecule has 1 aliphatic heterocycles. The van der Waals surface area contributed by atoms with Crippen LogP contribution in [0.2, 0.25) is 0 Å². The zero-order chi connectivity index (χ0) is 15.4. The number of rotatable bonds is 5. The number of benzene rings is 1. The number of carbonyl (C=O) groups is 1. The lowest BCUT2D eigenvalue weighted by molar-refractivity contribution is -0.126. The van der Waals surface area contributed by atoms with Gasteiger partial charge in [-0.15, -0.1) is 0 Å². The van der Waals surface area contributed by atoms with Gasteiger partial charge in [0, 0.05) is 25.6 Å². The van der Waals surface area contributed by atoms with E-state index in [-0.39, 0.29) is 36.5 Å². The fourth-order valence-corrected chi connectivity index (χ4v) is 2.44. The molecule has 116 valence electrons. The lowest BCUT2D eigenvalue weighted by Crippen LogP contribution is -2.39. The maximum atomic E-state index is 13.5. The number of ether oxygens (including phenoxy) is 1. The highest BCUT2D eigenvalue weighted by molar-refractivity contribution is 5.79. The van der Waals surface area contributed by atoms with E-state index in [9.17, 15) is 18.7 Å². The minimum absolute atomic E-state index is 0.0170. The molecule has 0 aromatic heterocycles. The largest absolute Gasteiger partial charge is 0.391 e. The van der Waals surface area contributed by atoms with Crippen LogP contribution in [0.15, 0.2) is 18.2 Å². The van der Waals surface area contributed by atoms with Crippen LogP contribution in [0.3, 0.4) is 0 Å². The molecule has 1 aliphatic rings. The normalized spacial score (nSPS) is 23.0. The highest BCUT2D eigenvalue weighted by Crippen LogP contribution is 2.20. The van der Waals surface area contributed by atoms with Crippen molar-refractivity contribution in [3.05, 3.63) is 35.4 Å². The summed E-state index contributed by atoms with van der Waals surface area (Å²) >= 11 is 0. The van der Waals surface area contributed by atoms with E-state index in [0.717, 1.165) is 12.1 Å². The highest BCUT2D eigenvalue weighted by atomic mass is 19.1. The van der Waals surface area contributed by atoms with E-state index >= 15 is 0 Å². The van der Waals surface area contributed by atoms with Crippen molar-refractivity contribution in [2.45, 2.75) is 32.0 Å². The third-order valence-corrected chi connectivity index (χ3v) is 3.70. The smallest absolute Gasteiger partial charge is 0.225 e. The van der Waals surface area contributed by atoms with Crippen LogP contribution in [0.1, 0.15) is 18.9 Å². The van der Waals surface area contributed by atoms with Crippen LogP contribution in [0.25, 0.3) is 0 Å². The Hall–Kier alpha value is -1.53. The van der Waals surface area contributed by atoms with E-state index in [1.54, 1.807) is 0 Å². The van der Waals surface area contributed by atoms with Gasteiger partial charge in [0.15, 0.2) is 0 Å². The molecule has 3 unspecified atom stereocenters. The molecule has 3 atom stereocenters. The van der Waals surface area contributed by atoms with Gasteiger partial charge in [0.05, 0.1) is 18.1 Å². The monoisotopic (exact) mass is 299 g/mol. The van der Waals surface area contributed by atoms with Gasteiger partial charge in [-0.25, -0.2) is 8.78 Å². The van der Waals surface area contributed by atoms with Crippen LogP contribution in [-0.4, -0.2) is 36.4 Å². The molecule has 1 saturated heterocycles. The summed E-state index contributed by atoms with van der Waals surface area (Å²) in [6.07, 6.45) is -0.373. The fraction of sp³-hybridized carbons (Fsp3) is 0.533. The summed E-state index contributed by atoms with van der Waals surface area (Å²) in [5.74, 6) is -1.73. The molecule has 4 nitrogen and oxygen atoms in total. The number of hydrogen-bond donors (Lipinski definition) is 2. The number of carbonyl (C=O) groups excluding carboxylic acids is 1. The molecule has 1 aromatic rings. The standard InChI is InChI=1S/C15H19F2NO3/c1-9-13(4-5-21-9)15(20)18-8-12(19)6-10-2-3-11(16)7-14(10)17/h2-3,7,9,12-13,19H,4-6,8H2,1H3,(H,18,20). The molecule has 6 heteroatoms. The molecule has 0 aliphatic carbocycles. The molecule has 2 N–H and O–H groups in total. The zero-order valence-electron chi connectivity index (χ0n) is 11.8. The molecule has 1 aromatic carbocycles. The molecule has 21 heavy (non-hydrogen) atoms. The maximum Gasteiger partial charge on any atom is 0.225 e. The fourth-order valence-electron chi connectivity index (χ4n) is 2.44. The number of hydrogen-bond acceptors (Lipinski definition) is 3. The number of aliphatic hydroxyl groups excluding tert-OH is 1. The van der Waals surface area contributed by atoms with Gasteiger partial charge in [0.2, 0.25) is 5.91 Å². The molecular weight excluding hydrogens is 280 g/mol. The Morgan fingerprint density at radius 2 is 2.29 bits per heavy atom. The van der Waals surface area contributed by atoms with E-state index in [1.165, 1.54) is 6.07 Å². The topological polar surface area (TPSA) is 58.6 Å². The van der Waals surface area contributed by atoms with Gasteiger partial charge in [-0.1, -0.05) is 6.07 Å². The number of nitrogens with one attached hydrogen (secondary N) is 1. The molecule has 1 heterocycles. The molecule has 0 spiro atoms. The molecule has 0 bridgehead atoms. The van der Waals surface area contributed by atoms with Crippen molar-refractivity contribution in [1.29, 1.82) is 0 Å². The average Bonchev–Trinajstić information content (AvgIpc) is 2.85. The number of halogens is 2. The summed E-state index contributed by atoms with van der Waals surface area (Å²) in [6.45, 7) is 2.42. The van der Waals surface area contributed by atoms with E-state index in [4.69, 9.17) is 4.74 Å². The van der Waals surface area contributed by atoms with Gasteiger partial charge in [0.1, 0.15) is 11.6 Å². The molecule has 2 rings (SSSR count). The third kappa shape index (κ3) is 4.22. The van der Waals surface area contributed by atoms with E-state index in [1.807, 2.05) is 6.92 Å². The molecule has 1 fully saturated rings. The molecule has 0 saturated carbocycles. The summed E-state index contributed by atoms with van der Waals surface area (Å²) in [5.41, 5.74) is 0.218. The second-order valence-corrected chi connectivity index (χ2v) is 5.31. The first-order valence-electron chi connectivity index (χ1n) is 6.98. The first kappa shape index (κ1) is 15.9. The van der Waals surface area contributed by atoms with E-state index in [0.29, 0.717) is 13.0 Å². The van der Waals surface area contributed by atoms with Gasteiger partial charge in [0.25, 0.3) is 0 Å². The lowest BCUT2D eigenvalue weighted by atomic mass is 10.0. The molecule has 0 radical (unpaired) electrons. The van der Waals surface area contributed by atoms with Crippen molar-refractivity contribution in [2.75, 3.05) is 13.2 Å². The lowest BCUT2D eigenvalue weighted by Gasteiger charge is -2.16. The SMILES string of the molecule is CC1OCCC1C(=O)NCC(O)Cc1ccc(F)cc1F. The van der Waals surface area contributed by atoms with Gasteiger partial charge in [-0.2, -0.15) is 0 Å². The predicted octanol–water partition coefficient (Wildman–Crippen LogP) is 1.41. The Kier molecular flexibility index (Phi) is 5.25. The van der Waals surface area contributed by atoms with Crippen LogP contribution < -0.4 is 5.32 Å². The van der Waals surface area contributed by atoms with Crippen molar-refractivity contribution >= 4 is 5.91 Å². The van der Waals surface area contributed by atoms with E-state index < -0.39 is 17.7 Å². The highest BCUT2D eigenvalue weighted by Gasteiger charge is 2.30. The van der Waals surface area contributed by atoms with Gasteiger partial charge < -0.3 is 15.2 Å². The summed E-state index contributed by atoms with van der Waals surface area (Å²) in [6, 6.07) is 3.21. The number of amides is 1. The Morgan fingerprint density at radius 3 is 2.90 bits per heavy atom. The Morgan fingerprint density at radius 1 is 1.52 bits per heavy atom. The Bertz CT molecular complexity index is 510. The molecular formula is C15H19F2NO3. The summed E-state index contributed by atoms with van der Waals surface area (Å²) in [4.78, 5) is 11.9. The average molecular weight is 299 g/mol. The Balaban J connectivity index is 1.81. The second kappa shape index (κ2) is 6.95. The third-order valence-electron chi connectivity index (χ3n) is 3.70. The predicted molar refractivity (Wildman–Crippen MR) is 72.6 cm³/mol. The second-order valence-electron chi connectivity index (χ2n) is 5.31. The van der Waals surface area contributed by atoms with Crippen LogP contribution in [0, 0.1) is 17.6 Å². The van der Waals surface area contributed by atoms with Gasteiger partial charge >= 0.3 is 0 Å². The van der Waals surface area contributed by atoms with Crippen LogP contribution >= 0.6 is 0 Å². The van der Waals surface area contributed by atoms with E-state index in [2.05, 4.69) is 5.32 Å².